The molecule has 1 unspecified atom stereocenters. The molecule has 5 heteroatoms. The van der Waals surface area contributed by atoms with Crippen LogP contribution in [0.15, 0.2) is 24.3 Å². The van der Waals surface area contributed by atoms with Crippen molar-refractivity contribution in [3.63, 3.8) is 0 Å². The van der Waals surface area contributed by atoms with Gasteiger partial charge in [-0.1, -0.05) is 6.92 Å². The minimum Gasteiger partial charge on any atom is -0.378 e. The maximum atomic E-state index is 12.4. The predicted molar refractivity (Wildman–Crippen MR) is 86.6 cm³/mol. The Hall–Kier alpha value is -1.43. The van der Waals surface area contributed by atoms with Gasteiger partial charge in [-0.15, -0.1) is 0 Å². The van der Waals surface area contributed by atoms with Gasteiger partial charge in [0, 0.05) is 24.3 Å². The fraction of sp³-hybridized carbons (Fsp3) is 0.562. The number of anilines is 1. The van der Waals surface area contributed by atoms with Crippen LogP contribution in [-0.2, 0) is 4.74 Å². The monoisotopic (exact) mass is 293 g/mol. The van der Waals surface area contributed by atoms with E-state index in [1.165, 1.54) is 5.69 Å². The number of Topliss-reactive ketones (excluding diaryl/α,β-unsaturated/α-hetero) is 1. The number of hydrogen-bond acceptors (Lipinski definition) is 5. The molecule has 0 aromatic heterocycles. The highest BCUT2D eigenvalue weighted by molar-refractivity contribution is 6.00. The van der Waals surface area contributed by atoms with Crippen molar-refractivity contribution in [3.8, 4) is 0 Å². The quantitative estimate of drug-likeness (QED) is 0.843. The summed E-state index contributed by atoms with van der Waals surface area (Å²) < 4.78 is 5.35. The lowest BCUT2D eigenvalue weighted by Crippen LogP contribution is -2.36. The third-order valence-electron chi connectivity index (χ3n) is 3.84. The summed E-state index contributed by atoms with van der Waals surface area (Å²) in [5.41, 5.74) is 1.96. The van der Waals surface area contributed by atoms with E-state index in [9.17, 15) is 4.79 Å². The molecule has 1 heterocycles. The Morgan fingerprint density at radius 2 is 1.81 bits per heavy atom. The highest BCUT2D eigenvalue weighted by Gasteiger charge is 2.20. The van der Waals surface area contributed by atoms with Crippen LogP contribution in [0.25, 0.3) is 0 Å². The van der Waals surface area contributed by atoms with Crippen LogP contribution in [-0.4, -0.2) is 57.1 Å². The Labute approximate surface area is 127 Å². The van der Waals surface area contributed by atoms with E-state index in [1.807, 2.05) is 50.2 Å². The molecule has 1 saturated heterocycles. The zero-order valence-corrected chi connectivity index (χ0v) is 13.3. The molecular weight excluding hydrogens is 266 g/mol. The fourth-order valence-corrected chi connectivity index (χ4v) is 2.64. The zero-order valence-electron chi connectivity index (χ0n) is 13.3. The first-order valence-corrected chi connectivity index (χ1v) is 7.27. The van der Waals surface area contributed by atoms with Crippen molar-refractivity contribution >= 4 is 11.5 Å². The molecule has 21 heavy (non-hydrogen) atoms. The number of carbonyl (C=O) groups is 1. The number of ketones is 1. The first-order chi connectivity index (χ1) is 9.63. The highest BCUT2D eigenvalue weighted by atomic mass is 16.5. The first-order valence-electron chi connectivity index (χ1n) is 7.27. The largest absolute Gasteiger partial charge is 0.378 e. The van der Waals surface area contributed by atoms with Gasteiger partial charge in [0.15, 0.2) is 5.78 Å². The van der Waals surface area contributed by atoms with E-state index < -0.39 is 0 Å². The first kappa shape index (κ1) is 17.6. The molecule has 5 nitrogen and oxygen atoms in total. The van der Waals surface area contributed by atoms with Crippen molar-refractivity contribution in [1.82, 2.24) is 11.1 Å². The van der Waals surface area contributed by atoms with Crippen molar-refractivity contribution in [2.75, 3.05) is 45.3 Å². The highest BCUT2D eigenvalue weighted by Crippen LogP contribution is 2.18. The second-order valence-corrected chi connectivity index (χ2v) is 5.40. The van der Waals surface area contributed by atoms with E-state index in [2.05, 4.69) is 4.90 Å². The smallest absolute Gasteiger partial charge is 0.179 e. The standard InChI is InChI=1S/C16H24N2O2.H3N/c1-4-15(17(2)3)16(19)13-5-7-14(8-6-13)18-9-11-20-12-10-18;/h5-8,15H,4,9-12H2,1-3H3;1H3. The van der Waals surface area contributed by atoms with Gasteiger partial charge in [0.25, 0.3) is 0 Å². The molecule has 1 aromatic carbocycles. The molecule has 0 radical (unpaired) electrons. The minimum absolute atomic E-state index is 0. The number of ether oxygens (including phenoxy) is 1. The summed E-state index contributed by atoms with van der Waals surface area (Å²) in [6.45, 7) is 5.44. The SMILES string of the molecule is CCC(C(=O)c1ccc(N2CCOCC2)cc1)N(C)C.N. The van der Waals surface area contributed by atoms with Gasteiger partial charge in [-0.25, -0.2) is 0 Å². The van der Waals surface area contributed by atoms with Crippen LogP contribution in [0.2, 0.25) is 0 Å². The van der Waals surface area contributed by atoms with E-state index in [4.69, 9.17) is 4.74 Å². The third kappa shape index (κ3) is 4.27. The van der Waals surface area contributed by atoms with E-state index in [0.717, 1.165) is 38.3 Å². The summed E-state index contributed by atoms with van der Waals surface area (Å²) in [5, 5.41) is 0. The Balaban J connectivity index is 0.00000220. The Bertz CT molecular complexity index is 439. The predicted octanol–water partition coefficient (Wildman–Crippen LogP) is 2.21. The molecule has 0 spiro atoms. The van der Waals surface area contributed by atoms with Crippen molar-refractivity contribution < 1.29 is 9.53 Å². The fourth-order valence-electron chi connectivity index (χ4n) is 2.64. The summed E-state index contributed by atoms with van der Waals surface area (Å²) in [6.07, 6.45) is 0.830. The normalized spacial score (nSPS) is 16.5. The average Bonchev–Trinajstić information content (AvgIpc) is 2.48. The lowest BCUT2D eigenvalue weighted by molar-refractivity contribution is 0.0871. The summed E-state index contributed by atoms with van der Waals surface area (Å²) in [7, 11) is 3.91. The van der Waals surface area contributed by atoms with Gasteiger partial charge in [-0.05, 0) is 44.8 Å². The molecule has 0 amide bonds. The van der Waals surface area contributed by atoms with Crippen molar-refractivity contribution in [2.24, 2.45) is 0 Å². The molecule has 0 aliphatic carbocycles. The van der Waals surface area contributed by atoms with Crippen LogP contribution in [0.5, 0.6) is 0 Å². The Morgan fingerprint density at radius 3 is 2.29 bits per heavy atom. The number of likely N-dealkylation sites (N-methyl/N-ethyl adjacent to an activating group) is 1. The maximum absolute atomic E-state index is 12.4. The summed E-state index contributed by atoms with van der Waals surface area (Å²) in [6, 6.07) is 7.93. The summed E-state index contributed by atoms with van der Waals surface area (Å²) in [5.74, 6) is 0.200. The topological polar surface area (TPSA) is 67.8 Å². The van der Waals surface area contributed by atoms with Crippen LogP contribution < -0.4 is 11.1 Å². The molecule has 0 bridgehead atoms. The van der Waals surface area contributed by atoms with Crippen molar-refractivity contribution in [1.29, 1.82) is 0 Å². The Morgan fingerprint density at radius 1 is 1.24 bits per heavy atom. The van der Waals surface area contributed by atoms with Gasteiger partial charge < -0.3 is 15.8 Å². The van der Waals surface area contributed by atoms with E-state index in [0.29, 0.717) is 0 Å². The molecule has 118 valence electrons. The van der Waals surface area contributed by atoms with Gasteiger partial charge in [0.1, 0.15) is 0 Å². The number of rotatable bonds is 5. The maximum Gasteiger partial charge on any atom is 0.179 e. The minimum atomic E-state index is -0.0377. The molecule has 1 fully saturated rings. The lowest BCUT2D eigenvalue weighted by Gasteiger charge is -2.29. The number of hydrogen-bond donors (Lipinski definition) is 1. The number of benzene rings is 1. The number of nitrogens with zero attached hydrogens (tertiary/aromatic N) is 2. The average molecular weight is 293 g/mol. The summed E-state index contributed by atoms with van der Waals surface area (Å²) in [4.78, 5) is 16.7. The van der Waals surface area contributed by atoms with Crippen LogP contribution in [0.3, 0.4) is 0 Å². The molecule has 1 atom stereocenters. The molecule has 1 aliphatic heterocycles. The second-order valence-electron chi connectivity index (χ2n) is 5.40. The molecule has 3 N–H and O–H groups in total. The molecule has 1 aromatic rings. The van der Waals surface area contributed by atoms with Gasteiger partial charge >= 0.3 is 0 Å². The van der Waals surface area contributed by atoms with Crippen molar-refractivity contribution in [2.45, 2.75) is 19.4 Å². The molecule has 0 saturated carbocycles. The molecule has 1 aliphatic rings. The van der Waals surface area contributed by atoms with Crippen molar-refractivity contribution in [3.05, 3.63) is 29.8 Å². The zero-order chi connectivity index (χ0) is 14.5. The van der Waals surface area contributed by atoms with E-state index in [-0.39, 0.29) is 18.0 Å². The van der Waals surface area contributed by atoms with Gasteiger partial charge in [0.05, 0.1) is 19.3 Å². The van der Waals surface area contributed by atoms with Crippen LogP contribution >= 0.6 is 0 Å². The lowest BCUT2D eigenvalue weighted by atomic mass is 10.0. The molecular formula is C16H27N3O2. The molecule has 2 rings (SSSR count). The second kappa shape index (κ2) is 8.12. The third-order valence-corrected chi connectivity index (χ3v) is 3.84. The van der Waals surface area contributed by atoms with E-state index in [1.54, 1.807) is 0 Å². The van der Waals surface area contributed by atoms with Gasteiger partial charge in [0.2, 0.25) is 0 Å². The number of morpholine rings is 1. The van der Waals surface area contributed by atoms with Crippen LogP contribution in [0, 0.1) is 0 Å². The summed E-state index contributed by atoms with van der Waals surface area (Å²) >= 11 is 0. The van der Waals surface area contributed by atoms with Gasteiger partial charge in [-0.2, -0.15) is 0 Å². The Kier molecular flexibility index (Phi) is 6.81. The number of carbonyl (C=O) groups excluding carboxylic acids is 1. The van der Waals surface area contributed by atoms with Gasteiger partial charge in [-0.3, -0.25) is 9.69 Å². The van der Waals surface area contributed by atoms with E-state index >= 15 is 0 Å². The van der Waals surface area contributed by atoms with Crippen LogP contribution in [0.4, 0.5) is 5.69 Å². The van der Waals surface area contributed by atoms with Crippen LogP contribution in [0.1, 0.15) is 23.7 Å².